The third kappa shape index (κ3) is 2.72. The van der Waals surface area contributed by atoms with E-state index in [4.69, 9.17) is 5.73 Å². The molecule has 0 aromatic heterocycles. The average molecular weight is 291 g/mol. The van der Waals surface area contributed by atoms with Crippen LogP contribution < -0.4 is 5.73 Å². The Hall–Kier alpha value is -1.00. The molecule has 3 N–H and O–H groups in total. The van der Waals surface area contributed by atoms with Crippen molar-refractivity contribution in [2.45, 2.75) is 60.6 Å². The maximum Gasteiger partial charge on any atom is 0.323 e. The number of carboxylic acids is 1. The highest BCUT2D eigenvalue weighted by Crippen LogP contribution is 2.38. The van der Waals surface area contributed by atoms with E-state index in [9.17, 15) is 9.90 Å². The first-order chi connectivity index (χ1) is 9.57. The van der Waals surface area contributed by atoms with Crippen LogP contribution in [0.2, 0.25) is 0 Å². The number of hydrogen-bond donors (Lipinski definition) is 2. The predicted octanol–water partition coefficient (Wildman–Crippen LogP) is 2.99. The van der Waals surface area contributed by atoms with Gasteiger partial charge in [-0.3, -0.25) is 4.79 Å². The summed E-state index contributed by atoms with van der Waals surface area (Å²) < 4.78 is 0. The fourth-order valence-corrected chi connectivity index (χ4v) is 4.77. The predicted molar refractivity (Wildman–Crippen MR) is 81.1 cm³/mol. The molecule has 0 saturated heterocycles. The van der Waals surface area contributed by atoms with Crippen molar-refractivity contribution in [2.75, 3.05) is 0 Å². The Morgan fingerprint density at radius 2 is 2.10 bits per heavy atom. The number of nitrogens with two attached hydrogens (primary N) is 1. The van der Waals surface area contributed by atoms with Crippen molar-refractivity contribution >= 4 is 17.7 Å². The van der Waals surface area contributed by atoms with E-state index >= 15 is 0 Å². The number of hydrogen-bond acceptors (Lipinski definition) is 3. The summed E-state index contributed by atoms with van der Waals surface area (Å²) in [7, 11) is 0. The second-order valence-corrected chi connectivity index (χ2v) is 7.46. The Labute approximate surface area is 123 Å². The first-order valence-corrected chi connectivity index (χ1v) is 8.25. The van der Waals surface area contributed by atoms with Gasteiger partial charge in [0, 0.05) is 10.1 Å². The van der Waals surface area contributed by atoms with Crippen LogP contribution in [0.15, 0.2) is 23.1 Å². The minimum atomic E-state index is -1.02. The maximum absolute atomic E-state index is 11.3. The van der Waals surface area contributed by atoms with Crippen LogP contribution in [0, 0.1) is 0 Å². The monoisotopic (exact) mass is 291 g/mol. The molecule has 2 atom stereocenters. The summed E-state index contributed by atoms with van der Waals surface area (Å²) in [4.78, 5) is 12.6. The number of fused-ring (bicyclic) bond motifs is 1. The fourth-order valence-electron chi connectivity index (χ4n) is 3.36. The molecule has 0 heterocycles. The topological polar surface area (TPSA) is 63.3 Å². The van der Waals surface area contributed by atoms with Gasteiger partial charge in [-0.2, -0.15) is 0 Å². The average Bonchev–Trinajstić information content (AvgIpc) is 2.86. The van der Waals surface area contributed by atoms with Crippen LogP contribution in [0.3, 0.4) is 0 Å². The highest BCUT2D eigenvalue weighted by molar-refractivity contribution is 8.00. The van der Waals surface area contributed by atoms with Crippen LogP contribution in [0.4, 0.5) is 0 Å². The molecule has 1 saturated carbocycles. The Morgan fingerprint density at radius 1 is 1.30 bits per heavy atom. The molecule has 0 radical (unpaired) electrons. The van der Waals surface area contributed by atoms with Crippen LogP contribution in [-0.4, -0.2) is 21.9 Å². The molecule has 1 aromatic carbocycles. The number of carbonyl (C=O) groups is 1. The van der Waals surface area contributed by atoms with Gasteiger partial charge < -0.3 is 10.8 Å². The highest BCUT2D eigenvalue weighted by Gasteiger charge is 2.39. The molecule has 0 bridgehead atoms. The molecule has 0 aliphatic heterocycles. The van der Waals surface area contributed by atoms with E-state index in [2.05, 4.69) is 18.2 Å². The molecule has 4 heteroatoms. The molecule has 3 nitrogen and oxygen atoms in total. The van der Waals surface area contributed by atoms with Crippen LogP contribution in [0.5, 0.6) is 0 Å². The lowest BCUT2D eigenvalue weighted by Gasteiger charge is -2.34. The molecule has 0 amide bonds. The second-order valence-electron chi connectivity index (χ2n) is 6.08. The van der Waals surface area contributed by atoms with Crippen molar-refractivity contribution in [2.24, 2.45) is 5.73 Å². The van der Waals surface area contributed by atoms with Gasteiger partial charge in [0.05, 0.1) is 0 Å². The molecule has 20 heavy (non-hydrogen) atoms. The van der Waals surface area contributed by atoms with E-state index in [1.54, 1.807) is 11.8 Å². The van der Waals surface area contributed by atoms with Crippen molar-refractivity contribution in [3.05, 3.63) is 29.3 Å². The summed E-state index contributed by atoms with van der Waals surface area (Å²) in [5.74, 6) is -0.850. The van der Waals surface area contributed by atoms with Gasteiger partial charge >= 0.3 is 5.97 Å². The zero-order valence-corrected chi connectivity index (χ0v) is 12.4. The van der Waals surface area contributed by atoms with E-state index in [0.29, 0.717) is 18.1 Å². The zero-order valence-electron chi connectivity index (χ0n) is 11.6. The van der Waals surface area contributed by atoms with Crippen LogP contribution in [-0.2, 0) is 17.6 Å². The number of benzene rings is 1. The summed E-state index contributed by atoms with van der Waals surface area (Å²) >= 11 is 1.81. The van der Waals surface area contributed by atoms with Gasteiger partial charge in [0.15, 0.2) is 0 Å². The molecule has 3 rings (SSSR count). The summed E-state index contributed by atoms with van der Waals surface area (Å²) in [5, 5.41) is 9.60. The third-order valence-corrected chi connectivity index (χ3v) is 5.80. The summed E-state index contributed by atoms with van der Waals surface area (Å²) in [5.41, 5.74) is 7.96. The van der Waals surface area contributed by atoms with Gasteiger partial charge in [0.25, 0.3) is 0 Å². The first kappa shape index (κ1) is 14.0. The Morgan fingerprint density at radius 3 is 2.90 bits per heavy atom. The molecular weight excluding hydrogens is 270 g/mol. The van der Waals surface area contributed by atoms with Crippen LogP contribution in [0.1, 0.15) is 43.2 Å². The fraction of sp³-hybridized carbons (Fsp3) is 0.562. The van der Waals surface area contributed by atoms with E-state index in [0.717, 1.165) is 12.8 Å². The standard InChI is InChI=1S/C16H21NO2S/c17-16(15(18)19)8-2-5-14(10-16)20-13-7-6-11-3-1-4-12(11)9-13/h6-7,9,14H,1-5,8,10,17H2,(H,18,19). The van der Waals surface area contributed by atoms with E-state index in [1.165, 1.54) is 35.3 Å². The number of aliphatic carboxylic acids is 1. The molecule has 2 aliphatic rings. The highest BCUT2D eigenvalue weighted by atomic mass is 32.2. The summed E-state index contributed by atoms with van der Waals surface area (Å²) in [6.07, 6.45) is 6.80. The van der Waals surface area contributed by atoms with Crippen molar-refractivity contribution < 1.29 is 9.90 Å². The number of thioether (sulfide) groups is 1. The van der Waals surface area contributed by atoms with Gasteiger partial charge in [-0.1, -0.05) is 6.07 Å². The third-order valence-electron chi connectivity index (χ3n) is 4.54. The normalized spacial score (nSPS) is 29.1. The Balaban J connectivity index is 1.70. The lowest BCUT2D eigenvalue weighted by Crippen LogP contribution is -2.51. The summed E-state index contributed by atoms with van der Waals surface area (Å²) in [6.45, 7) is 0. The van der Waals surface area contributed by atoms with Gasteiger partial charge in [0.1, 0.15) is 5.54 Å². The first-order valence-electron chi connectivity index (χ1n) is 7.37. The molecule has 2 aliphatic carbocycles. The number of rotatable bonds is 3. The van der Waals surface area contributed by atoms with Crippen LogP contribution in [0.25, 0.3) is 0 Å². The van der Waals surface area contributed by atoms with E-state index < -0.39 is 11.5 Å². The lowest BCUT2D eigenvalue weighted by atomic mass is 9.82. The maximum atomic E-state index is 11.3. The quantitative estimate of drug-likeness (QED) is 0.898. The smallest absolute Gasteiger partial charge is 0.323 e. The summed E-state index contributed by atoms with van der Waals surface area (Å²) in [6, 6.07) is 6.71. The van der Waals surface area contributed by atoms with Crippen molar-refractivity contribution in [3.63, 3.8) is 0 Å². The van der Waals surface area contributed by atoms with E-state index in [-0.39, 0.29) is 0 Å². The van der Waals surface area contributed by atoms with Gasteiger partial charge in [-0.05, 0) is 68.2 Å². The van der Waals surface area contributed by atoms with Gasteiger partial charge in [-0.15, -0.1) is 11.8 Å². The lowest BCUT2D eigenvalue weighted by molar-refractivity contribution is -0.144. The Bertz CT molecular complexity index is 531. The molecule has 1 aromatic rings. The van der Waals surface area contributed by atoms with Crippen molar-refractivity contribution in [1.82, 2.24) is 0 Å². The van der Waals surface area contributed by atoms with Crippen LogP contribution >= 0.6 is 11.8 Å². The minimum Gasteiger partial charge on any atom is -0.480 e. The van der Waals surface area contributed by atoms with E-state index in [1.807, 2.05) is 0 Å². The van der Waals surface area contributed by atoms with Crippen molar-refractivity contribution in [1.29, 1.82) is 0 Å². The number of aryl methyl sites for hydroxylation is 2. The SMILES string of the molecule is NC1(C(=O)O)CCCC(Sc2ccc3c(c2)CCC3)C1. The second kappa shape index (κ2) is 5.41. The number of carboxylic acid groups (broad SMARTS) is 1. The molecule has 108 valence electrons. The van der Waals surface area contributed by atoms with Crippen molar-refractivity contribution in [3.8, 4) is 0 Å². The van der Waals surface area contributed by atoms with Gasteiger partial charge in [-0.25, -0.2) is 0 Å². The molecule has 1 fully saturated rings. The largest absolute Gasteiger partial charge is 0.480 e. The molecular formula is C16H21NO2S. The minimum absolute atomic E-state index is 0.323. The van der Waals surface area contributed by atoms with Gasteiger partial charge in [0.2, 0.25) is 0 Å². The molecule has 0 spiro atoms. The molecule has 2 unspecified atom stereocenters. The zero-order chi connectivity index (χ0) is 14.2. The Kier molecular flexibility index (Phi) is 3.78.